The van der Waals surface area contributed by atoms with Gasteiger partial charge in [0.05, 0.1) is 0 Å². The molecule has 2 rings (SSSR count). The lowest BCUT2D eigenvalue weighted by Crippen LogP contribution is -2.45. The average Bonchev–Trinajstić information content (AvgIpc) is 3.09. The Morgan fingerprint density at radius 3 is 2.80 bits per heavy atom. The molecule has 0 radical (unpaired) electrons. The molecule has 0 aliphatic carbocycles. The molecule has 0 saturated carbocycles. The van der Waals surface area contributed by atoms with Gasteiger partial charge in [-0.05, 0) is 18.6 Å². The minimum Gasteiger partial charge on any atom is -0.481 e. The Labute approximate surface area is 142 Å². The summed E-state index contributed by atoms with van der Waals surface area (Å²) < 4.78 is 36.7. The maximum atomic E-state index is 13.5. The summed E-state index contributed by atoms with van der Waals surface area (Å²) in [5, 5.41) is 4.96. The molecule has 0 aliphatic rings. The molecular weight excluding hydrogens is 336 g/mol. The number of nitrogens with one attached hydrogen (secondary N) is 2. The van der Waals surface area contributed by atoms with Gasteiger partial charge in [0.1, 0.15) is 12.3 Å². The van der Waals surface area contributed by atoms with Crippen molar-refractivity contribution < 1.29 is 27.5 Å². The largest absolute Gasteiger partial charge is 0.481 e. The highest BCUT2D eigenvalue weighted by Crippen LogP contribution is 2.20. The third-order valence-electron chi connectivity index (χ3n) is 3.33. The molecule has 25 heavy (non-hydrogen) atoms. The summed E-state index contributed by atoms with van der Waals surface area (Å²) in [6.07, 6.45) is 1.49. The molecule has 1 atom stereocenters. The molecule has 7 nitrogen and oxygen atoms in total. The van der Waals surface area contributed by atoms with Gasteiger partial charge in [-0.1, -0.05) is 13.0 Å². The van der Waals surface area contributed by atoms with E-state index in [1.54, 1.807) is 6.92 Å². The zero-order chi connectivity index (χ0) is 18.4. The summed E-state index contributed by atoms with van der Waals surface area (Å²) in [5.41, 5.74) is -0.0549. The average molecular weight is 353 g/mol. The molecule has 1 aromatic heterocycles. The first-order chi connectivity index (χ1) is 12.0. The van der Waals surface area contributed by atoms with Gasteiger partial charge < -0.3 is 19.8 Å². The van der Waals surface area contributed by atoms with Crippen molar-refractivity contribution in [2.45, 2.75) is 26.0 Å². The van der Waals surface area contributed by atoms with Crippen molar-refractivity contribution in [3.05, 3.63) is 47.7 Å². The van der Waals surface area contributed by atoms with Gasteiger partial charge in [0.2, 0.25) is 17.6 Å². The van der Waals surface area contributed by atoms with E-state index in [9.17, 15) is 18.4 Å². The van der Waals surface area contributed by atoms with Crippen molar-refractivity contribution in [3.63, 3.8) is 0 Å². The molecule has 134 valence electrons. The second kappa shape index (κ2) is 8.22. The zero-order valence-corrected chi connectivity index (χ0v) is 13.6. The predicted molar refractivity (Wildman–Crippen MR) is 82.8 cm³/mol. The number of aromatic nitrogens is 1. The summed E-state index contributed by atoms with van der Waals surface area (Å²) in [6.45, 7) is 1.45. The normalized spacial score (nSPS) is 11.7. The number of benzene rings is 1. The molecule has 1 unspecified atom stereocenters. The lowest BCUT2D eigenvalue weighted by Gasteiger charge is -2.13. The zero-order valence-electron chi connectivity index (χ0n) is 13.6. The second-order valence-electron chi connectivity index (χ2n) is 5.02. The van der Waals surface area contributed by atoms with Crippen molar-refractivity contribution in [2.75, 3.05) is 7.05 Å². The predicted octanol–water partition coefficient (Wildman–Crippen LogP) is 1.79. The molecule has 1 heterocycles. The quantitative estimate of drug-likeness (QED) is 0.791. The van der Waals surface area contributed by atoms with Crippen molar-refractivity contribution in [2.24, 2.45) is 0 Å². The van der Waals surface area contributed by atoms with Crippen LogP contribution in [-0.2, 0) is 11.4 Å². The van der Waals surface area contributed by atoms with E-state index in [-0.39, 0.29) is 29.8 Å². The van der Waals surface area contributed by atoms with Crippen LogP contribution in [0.25, 0.3) is 0 Å². The van der Waals surface area contributed by atoms with Crippen LogP contribution in [0.3, 0.4) is 0 Å². The van der Waals surface area contributed by atoms with Crippen molar-refractivity contribution >= 4 is 11.8 Å². The van der Waals surface area contributed by atoms with Gasteiger partial charge in [-0.2, -0.15) is 4.39 Å². The first kappa shape index (κ1) is 18.4. The highest BCUT2D eigenvalue weighted by Gasteiger charge is 2.21. The highest BCUT2D eigenvalue weighted by atomic mass is 19.2. The maximum Gasteiger partial charge on any atom is 0.273 e. The number of hydrogen-bond donors (Lipinski definition) is 2. The van der Waals surface area contributed by atoms with Crippen LogP contribution in [0.4, 0.5) is 8.78 Å². The van der Waals surface area contributed by atoms with Crippen LogP contribution < -0.4 is 15.4 Å². The number of likely N-dealkylation sites (N-methyl/N-ethyl adjacent to an activating group) is 1. The Hall–Kier alpha value is -2.97. The number of oxazole rings is 1. The van der Waals surface area contributed by atoms with Crippen LogP contribution in [0.15, 0.2) is 28.9 Å². The van der Waals surface area contributed by atoms with Crippen LogP contribution in [0, 0.1) is 11.6 Å². The fourth-order valence-corrected chi connectivity index (χ4v) is 1.98. The molecule has 2 N–H and O–H groups in total. The Bertz CT molecular complexity index is 764. The fraction of sp³-hybridized carbons (Fsp3) is 0.312. The molecule has 0 spiro atoms. The molecule has 0 aliphatic heterocycles. The van der Waals surface area contributed by atoms with Crippen LogP contribution in [0.2, 0.25) is 0 Å². The molecule has 0 saturated heterocycles. The van der Waals surface area contributed by atoms with E-state index in [1.165, 1.54) is 19.2 Å². The standard InChI is InChI=1S/C16H17F2N3O4/c1-3-10(15(22)19-2)21-16(23)11-7-25-13(20-11)8-24-12-6-4-5-9(17)14(12)18/h4-7,10H,3,8H2,1-2H3,(H,19,22)(H,21,23). The SMILES string of the molecule is CCC(NC(=O)c1coc(COc2cccc(F)c2F)n1)C(=O)NC. The van der Waals surface area contributed by atoms with Crippen molar-refractivity contribution in [1.82, 2.24) is 15.6 Å². The third kappa shape index (κ3) is 4.52. The van der Waals surface area contributed by atoms with Gasteiger partial charge in [0.15, 0.2) is 23.9 Å². The van der Waals surface area contributed by atoms with Crippen LogP contribution in [0.5, 0.6) is 5.75 Å². The number of carbonyl (C=O) groups is 2. The number of hydrogen-bond acceptors (Lipinski definition) is 5. The van der Waals surface area contributed by atoms with E-state index in [4.69, 9.17) is 9.15 Å². The first-order valence-electron chi connectivity index (χ1n) is 7.50. The topological polar surface area (TPSA) is 93.5 Å². The highest BCUT2D eigenvalue weighted by molar-refractivity contribution is 5.95. The minimum atomic E-state index is -1.12. The van der Waals surface area contributed by atoms with E-state index in [1.807, 2.05) is 0 Å². The molecule has 0 bridgehead atoms. The Morgan fingerprint density at radius 1 is 1.36 bits per heavy atom. The second-order valence-corrected chi connectivity index (χ2v) is 5.02. The van der Waals surface area contributed by atoms with Gasteiger partial charge in [-0.15, -0.1) is 0 Å². The molecule has 2 amide bonds. The lowest BCUT2D eigenvalue weighted by atomic mass is 10.2. The molecule has 9 heteroatoms. The number of carbonyl (C=O) groups excluding carboxylic acids is 2. The van der Waals surface area contributed by atoms with Gasteiger partial charge in [-0.3, -0.25) is 9.59 Å². The smallest absolute Gasteiger partial charge is 0.273 e. The summed E-state index contributed by atoms with van der Waals surface area (Å²) in [6, 6.07) is 2.82. The number of halogens is 2. The lowest BCUT2D eigenvalue weighted by molar-refractivity contribution is -0.122. The van der Waals surface area contributed by atoms with E-state index in [0.717, 1.165) is 12.3 Å². The van der Waals surface area contributed by atoms with E-state index >= 15 is 0 Å². The van der Waals surface area contributed by atoms with Gasteiger partial charge >= 0.3 is 0 Å². The van der Waals surface area contributed by atoms with Gasteiger partial charge in [0.25, 0.3) is 5.91 Å². The molecule has 2 aromatic rings. The van der Waals surface area contributed by atoms with Gasteiger partial charge in [0, 0.05) is 7.05 Å². The number of ether oxygens (including phenoxy) is 1. The minimum absolute atomic E-state index is 0.00167. The molecular formula is C16H17F2N3O4. The van der Waals surface area contributed by atoms with Crippen LogP contribution >= 0.6 is 0 Å². The van der Waals surface area contributed by atoms with E-state index in [2.05, 4.69) is 15.6 Å². The Balaban J connectivity index is 1.98. The molecule has 1 aromatic carbocycles. The maximum absolute atomic E-state index is 13.5. The summed E-state index contributed by atoms with van der Waals surface area (Å²) >= 11 is 0. The van der Waals surface area contributed by atoms with E-state index in [0.29, 0.717) is 6.42 Å². The number of rotatable bonds is 7. The summed E-state index contributed by atoms with van der Waals surface area (Å²) in [5.74, 6) is -3.38. The van der Waals surface area contributed by atoms with Crippen LogP contribution in [-0.4, -0.2) is 29.9 Å². The Morgan fingerprint density at radius 2 is 2.12 bits per heavy atom. The Kier molecular flexibility index (Phi) is 6.04. The summed E-state index contributed by atoms with van der Waals surface area (Å²) in [7, 11) is 1.47. The number of amides is 2. The monoisotopic (exact) mass is 353 g/mol. The fourth-order valence-electron chi connectivity index (χ4n) is 1.98. The first-order valence-corrected chi connectivity index (χ1v) is 7.50. The van der Waals surface area contributed by atoms with Gasteiger partial charge in [-0.25, -0.2) is 9.37 Å². The van der Waals surface area contributed by atoms with Crippen molar-refractivity contribution in [3.8, 4) is 5.75 Å². The van der Waals surface area contributed by atoms with E-state index < -0.39 is 23.6 Å². The van der Waals surface area contributed by atoms with Crippen LogP contribution in [0.1, 0.15) is 29.7 Å². The van der Waals surface area contributed by atoms with Crippen molar-refractivity contribution in [1.29, 1.82) is 0 Å². The summed E-state index contributed by atoms with van der Waals surface area (Å²) in [4.78, 5) is 27.5. The third-order valence-corrected chi connectivity index (χ3v) is 3.33. The number of nitrogens with zero attached hydrogens (tertiary/aromatic N) is 1. The molecule has 0 fully saturated rings.